The van der Waals surface area contributed by atoms with Gasteiger partial charge in [0.1, 0.15) is 0 Å². The Morgan fingerprint density at radius 2 is 0.789 bits per heavy atom. The molecule has 0 saturated heterocycles. The summed E-state index contributed by atoms with van der Waals surface area (Å²) in [5.41, 5.74) is 3.88. The van der Waals surface area contributed by atoms with Crippen molar-refractivity contribution in [1.29, 1.82) is 0 Å². The van der Waals surface area contributed by atoms with Crippen LogP contribution in [0.15, 0.2) is 0 Å². The number of rotatable bonds is 14. The topological polar surface area (TPSA) is 27.6 Å². The predicted octanol–water partition coefficient (Wildman–Crippen LogP) is 1.71. The monoisotopic (exact) mass is 336 g/mol. The van der Waals surface area contributed by atoms with Crippen LogP contribution < -0.4 is 18.1 Å². The third kappa shape index (κ3) is 24.2. The van der Waals surface area contributed by atoms with Crippen molar-refractivity contribution >= 4 is 0 Å². The minimum Gasteiger partial charge on any atom is -1.00 e. The van der Waals surface area contributed by atoms with Crippen LogP contribution in [0.1, 0.15) is 96.8 Å². The average molecular weight is 337 g/mol. The zero-order valence-electron chi connectivity index (χ0n) is 13.0. The molecule has 0 heterocycles. The first kappa shape index (κ1) is 24.8. The molecule has 0 aromatic carbocycles. The Labute approximate surface area is 138 Å². The van der Waals surface area contributed by atoms with Crippen molar-refractivity contribution in [3.63, 3.8) is 0 Å². The fraction of sp³-hybridized carbons (Fsp3) is 1.00. The zero-order valence-corrected chi connectivity index (χ0v) is 14.8. The maximum Gasteiger partial charge on any atom is 0.0739 e. The number of quaternary nitrogens is 1. The van der Waals surface area contributed by atoms with Gasteiger partial charge in [0.05, 0.1) is 6.54 Å². The summed E-state index contributed by atoms with van der Waals surface area (Å²) in [5.74, 6) is 0. The molecule has 0 rings (SSSR count). The summed E-state index contributed by atoms with van der Waals surface area (Å²) in [7, 11) is 0. The molecule has 0 spiro atoms. The predicted molar refractivity (Wildman–Crippen MR) is 78.1 cm³/mol. The quantitative estimate of drug-likeness (QED) is 0.468. The van der Waals surface area contributed by atoms with Crippen LogP contribution in [0.5, 0.6) is 0 Å². The van der Waals surface area contributed by atoms with Crippen LogP contribution in [0.4, 0.5) is 0 Å². The van der Waals surface area contributed by atoms with E-state index in [1.165, 1.54) is 89.9 Å². The van der Waals surface area contributed by atoms with Crippen molar-refractivity contribution in [3.8, 4) is 0 Å². The Kier molecular flexibility index (Phi) is 31.0. The Hall–Kier alpha value is 0.756. The molecule has 0 aliphatic carbocycles. The van der Waals surface area contributed by atoms with Gasteiger partial charge in [0.2, 0.25) is 0 Å². The van der Waals surface area contributed by atoms with E-state index < -0.39 is 0 Å². The minimum atomic E-state index is 0. The standard InChI is InChI=1S/C16H35N.ClH.Co/c1-2-3-4-5-6-7-8-9-10-11-12-13-14-15-16-17;;/h2-17H2,1H3;1H;. The Morgan fingerprint density at radius 1 is 0.526 bits per heavy atom. The van der Waals surface area contributed by atoms with Gasteiger partial charge < -0.3 is 18.1 Å². The van der Waals surface area contributed by atoms with Crippen LogP contribution in [0.3, 0.4) is 0 Å². The number of halogens is 1. The molecule has 0 amide bonds. The van der Waals surface area contributed by atoms with Gasteiger partial charge >= 0.3 is 0 Å². The molecule has 0 aliphatic heterocycles. The zero-order chi connectivity index (χ0) is 12.6. The maximum absolute atomic E-state index is 3.88. The average Bonchev–Trinajstić information content (AvgIpc) is 2.35. The van der Waals surface area contributed by atoms with E-state index in [0.29, 0.717) is 0 Å². The number of unbranched alkanes of at least 4 members (excludes halogenated alkanes) is 13. The second-order valence-corrected chi connectivity index (χ2v) is 5.45. The van der Waals surface area contributed by atoms with E-state index in [9.17, 15) is 0 Å². The van der Waals surface area contributed by atoms with Crippen molar-refractivity contribution in [3.05, 3.63) is 0 Å². The van der Waals surface area contributed by atoms with Gasteiger partial charge in [-0.2, -0.15) is 0 Å². The van der Waals surface area contributed by atoms with E-state index in [-0.39, 0.29) is 29.2 Å². The fourth-order valence-electron chi connectivity index (χ4n) is 2.37. The van der Waals surface area contributed by atoms with E-state index in [2.05, 4.69) is 12.7 Å². The van der Waals surface area contributed by atoms with Gasteiger partial charge in [-0.05, 0) is 12.8 Å². The molecule has 0 unspecified atom stereocenters. The number of hydrogen-bond acceptors (Lipinski definition) is 0. The van der Waals surface area contributed by atoms with Crippen molar-refractivity contribution in [1.82, 2.24) is 0 Å². The summed E-state index contributed by atoms with van der Waals surface area (Å²) < 4.78 is 0. The van der Waals surface area contributed by atoms with Gasteiger partial charge in [-0.15, -0.1) is 0 Å². The van der Waals surface area contributed by atoms with Gasteiger partial charge in [-0.25, -0.2) is 0 Å². The Morgan fingerprint density at radius 3 is 1.05 bits per heavy atom. The molecule has 0 fully saturated rings. The van der Waals surface area contributed by atoms with E-state index in [4.69, 9.17) is 0 Å². The molecule has 3 N–H and O–H groups in total. The summed E-state index contributed by atoms with van der Waals surface area (Å²) in [6, 6.07) is 0. The summed E-state index contributed by atoms with van der Waals surface area (Å²) in [4.78, 5) is 0. The molecule has 0 aromatic rings. The van der Waals surface area contributed by atoms with Crippen molar-refractivity contribution < 1.29 is 34.9 Å². The Bertz CT molecular complexity index is 120. The van der Waals surface area contributed by atoms with Crippen LogP contribution in [0.2, 0.25) is 0 Å². The maximum atomic E-state index is 3.88. The van der Waals surface area contributed by atoms with Crippen LogP contribution >= 0.6 is 0 Å². The van der Waals surface area contributed by atoms with Crippen LogP contribution in [0, 0.1) is 0 Å². The normalized spacial score (nSPS) is 9.79. The SMILES string of the molecule is CCCCCCCCCCCCCCCC[NH3+].[Cl-].[Co]. The summed E-state index contributed by atoms with van der Waals surface area (Å²) in [6.45, 7) is 3.41. The molecule has 121 valence electrons. The first-order valence-corrected chi connectivity index (χ1v) is 8.21. The summed E-state index contributed by atoms with van der Waals surface area (Å²) >= 11 is 0. The molecule has 0 aliphatic rings. The first-order chi connectivity index (χ1) is 8.41. The third-order valence-electron chi connectivity index (χ3n) is 3.60. The van der Waals surface area contributed by atoms with Crippen LogP contribution in [-0.2, 0) is 16.8 Å². The molecule has 1 radical (unpaired) electrons. The van der Waals surface area contributed by atoms with E-state index in [0.717, 1.165) is 6.54 Å². The second kappa shape index (κ2) is 23.8. The van der Waals surface area contributed by atoms with Gasteiger partial charge in [0.25, 0.3) is 0 Å². The molecule has 1 nitrogen and oxygen atoms in total. The van der Waals surface area contributed by atoms with Crippen molar-refractivity contribution in [2.24, 2.45) is 0 Å². The van der Waals surface area contributed by atoms with Crippen LogP contribution in [0.25, 0.3) is 0 Å². The molecule has 0 saturated carbocycles. The molecule has 0 aromatic heterocycles. The van der Waals surface area contributed by atoms with Gasteiger partial charge in [-0.1, -0.05) is 84.0 Å². The van der Waals surface area contributed by atoms with E-state index >= 15 is 0 Å². The second-order valence-electron chi connectivity index (χ2n) is 5.45. The van der Waals surface area contributed by atoms with Crippen molar-refractivity contribution in [2.75, 3.05) is 6.54 Å². The first-order valence-electron chi connectivity index (χ1n) is 8.21. The number of hydrogen-bond donors (Lipinski definition) is 1. The molecule has 0 atom stereocenters. The van der Waals surface area contributed by atoms with Crippen LogP contribution in [-0.4, -0.2) is 6.54 Å². The van der Waals surface area contributed by atoms with E-state index in [1.807, 2.05) is 0 Å². The largest absolute Gasteiger partial charge is 1.00 e. The molecule has 0 bridgehead atoms. The van der Waals surface area contributed by atoms with Gasteiger partial charge in [0.15, 0.2) is 0 Å². The Balaban J connectivity index is -0.00000128. The third-order valence-corrected chi connectivity index (χ3v) is 3.60. The molecule has 3 heteroatoms. The molecular formula is C16H36ClCoN. The molecule has 19 heavy (non-hydrogen) atoms. The van der Waals surface area contributed by atoms with Gasteiger partial charge in [-0.3, -0.25) is 0 Å². The minimum absolute atomic E-state index is 0. The summed E-state index contributed by atoms with van der Waals surface area (Å²) in [6.07, 6.45) is 20.2. The molecular weight excluding hydrogens is 301 g/mol. The van der Waals surface area contributed by atoms with E-state index in [1.54, 1.807) is 0 Å². The summed E-state index contributed by atoms with van der Waals surface area (Å²) in [5, 5.41) is 0. The smallest absolute Gasteiger partial charge is 0.0739 e. The fourth-order valence-corrected chi connectivity index (χ4v) is 2.37. The van der Waals surface area contributed by atoms with Crippen molar-refractivity contribution in [2.45, 2.75) is 96.8 Å². The van der Waals surface area contributed by atoms with Gasteiger partial charge in [0, 0.05) is 16.8 Å².